The van der Waals surface area contributed by atoms with Gasteiger partial charge in [0.25, 0.3) is 0 Å². The average Bonchev–Trinajstić information content (AvgIpc) is 2.67. The third-order valence-electron chi connectivity index (χ3n) is 4.96. The Hall–Kier alpha value is -1.41. The molecule has 4 nitrogen and oxygen atoms in total. The molecule has 2 atom stereocenters. The summed E-state index contributed by atoms with van der Waals surface area (Å²) in [5.74, 6) is -5.59. The van der Waals surface area contributed by atoms with Crippen LogP contribution in [-0.2, 0) is 9.59 Å². The molecule has 1 saturated carbocycles. The lowest BCUT2D eigenvalue weighted by Crippen LogP contribution is -2.58. The Morgan fingerprint density at radius 1 is 1.16 bits per heavy atom. The van der Waals surface area contributed by atoms with Crippen LogP contribution in [0.15, 0.2) is 0 Å². The van der Waals surface area contributed by atoms with E-state index in [9.17, 15) is 31.5 Å². The van der Waals surface area contributed by atoms with Gasteiger partial charge in [-0.3, -0.25) is 9.59 Å². The number of likely N-dealkylation sites (tertiary alicyclic amines) is 1. The Kier molecular flexibility index (Phi) is 4.62. The molecule has 25 heavy (non-hydrogen) atoms. The minimum Gasteiger partial charge on any atom is -0.338 e. The van der Waals surface area contributed by atoms with Crippen molar-refractivity contribution in [3.05, 3.63) is 0 Å². The molecule has 2 aliphatic rings. The van der Waals surface area contributed by atoms with Crippen LogP contribution in [0.3, 0.4) is 0 Å². The van der Waals surface area contributed by atoms with E-state index < -0.39 is 40.8 Å². The minimum atomic E-state index is -5.10. The second-order valence-electron chi connectivity index (χ2n) is 8.50. The zero-order valence-corrected chi connectivity index (χ0v) is 14.6. The van der Waals surface area contributed by atoms with Crippen molar-refractivity contribution in [1.29, 1.82) is 0 Å². The van der Waals surface area contributed by atoms with E-state index in [1.54, 1.807) is 33.0 Å². The number of rotatable bonds is 2. The maximum Gasteiger partial charge on any atom is 0.471 e. The summed E-state index contributed by atoms with van der Waals surface area (Å²) in [6, 6.07) is -1.75. The van der Waals surface area contributed by atoms with Gasteiger partial charge in [-0.1, -0.05) is 20.8 Å². The first-order chi connectivity index (χ1) is 11.1. The Morgan fingerprint density at radius 3 is 2.08 bits per heavy atom. The van der Waals surface area contributed by atoms with Crippen LogP contribution in [0.4, 0.5) is 22.0 Å². The number of carbonyl (C=O) groups excluding carboxylic acids is 2. The summed E-state index contributed by atoms with van der Waals surface area (Å²) in [4.78, 5) is 25.4. The molecule has 0 radical (unpaired) electrons. The SMILES string of the molecule is C[C@@H]1CC2(CN1C(=O)[C@@H](NC(=O)C(F)(F)F)C(C)(C)C)CC(F)(F)C2. The Bertz CT molecular complexity index is 560. The van der Waals surface area contributed by atoms with Gasteiger partial charge in [-0.25, -0.2) is 8.78 Å². The molecule has 144 valence electrons. The quantitative estimate of drug-likeness (QED) is 0.760. The van der Waals surface area contributed by atoms with Crippen LogP contribution >= 0.6 is 0 Å². The lowest BCUT2D eigenvalue weighted by Gasteiger charge is -2.45. The van der Waals surface area contributed by atoms with Crippen molar-refractivity contribution in [3.8, 4) is 0 Å². The molecule has 2 fully saturated rings. The van der Waals surface area contributed by atoms with Crippen molar-refractivity contribution < 1.29 is 31.5 Å². The smallest absolute Gasteiger partial charge is 0.338 e. The molecule has 1 saturated heterocycles. The van der Waals surface area contributed by atoms with E-state index in [1.165, 1.54) is 4.90 Å². The molecule has 1 aliphatic carbocycles. The lowest BCUT2D eigenvalue weighted by molar-refractivity contribution is -0.176. The van der Waals surface area contributed by atoms with Gasteiger partial charge in [-0.15, -0.1) is 0 Å². The first kappa shape index (κ1) is 19.9. The number of alkyl halides is 5. The van der Waals surface area contributed by atoms with Gasteiger partial charge in [0.1, 0.15) is 6.04 Å². The largest absolute Gasteiger partial charge is 0.471 e. The first-order valence-electron chi connectivity index (χ1n) is 8.12. The van der Waals surface area contributed by atoms with E-state index in [1.807, 2.05) is 0 Å². The number of halogens is 5. The van der Waals surface area contributed by atoms with E-state index in [-0.39, 0.29) is 25.4 Å². The molecule has 0 aromatic heterocycles. The fourth-order valence-electron chi connectivity index (χ4n) is 3.94. The molecule has 9 heteroatoms. The first-order valence-corrected chi connectivity index (χ1v) is 8.12. The second-order valence-corrected chi connectivity index (χ2v) is 8.50. The summed E-state index contributed by atoms with van der Waals surface area (Å²) in [5, 5.41) is 1.77. The third kappa shape index (κ3) is 4.06. The molecule has 1 N–H and O–H groups in total. The third-order valence-corrected chi connectivity index (χ3v) is 4.96. The highest BCUT2D eigenvalue weighted by atomic mass is 19.4. The normalized spacial score (nSPS) is 26.3. The van der Waals surface area contributed by atoms with Gasteiger partial charge >= 0.3 is 12.1 Å². The summed E-state index contributed by atoms with van der Waals surface area (Å²) in [6.45, 7) is 6.39. The Balaban J connectivity index is 2.16. The highest BCUT2D eigenvalue weighted by Gasteiger charge is 2.61. The van der Waals surface area contributed by atoms with E-state index >= 15 is 0 Å². The summed E-state index contributed by atoms with van der Waals surface area (Å²) in [7, 11) is 0. The Morgan fingerprint density at radius 2 is 1.68 bits per heavy atom. The van der Waals surface area contributed by atoms with Gasteiger partial charge in [-0.05, 0) is 18.8 Å². The van der Waals surface area contributed by atoms with Crippen LogP contribution < -0.4 is 5.32 Å². The van der Waals surface area contributed by atoms with Gasteiger partial charge in [0, 0.05) is 30.8 Å². The fourth-order valence-corrected chi connectivity index (χ4v) is 3.94. The molecule has 2 amide bonds. The molecule has 1 heterocycles. The van der Waals surface area contributed by atoms with Crippen molar-refractivity contribution >= 4 is 11.8 Å². The Labute approximate surface area is 143 Å². The number of hydrogen-bond donors (Lipinski definition) is 1. The van der Waals surface area contributed by atoms with E-state index in [4.69, 9.17) is 0 Å². The molecule has 0 bridgehead atoms. The van der Waals surface area contributed by atoms with E-state index in [0.29, 0.717) is 6.42 Å². The van der Waals surface area contributed by atoms with Crippen molar-refractivity contribution in [2.75, 3.05) is 6.54 Å². The number of hydrogen-bond acceptors (Lipinski definition) is 2. The van der Waals surface area contributed by atoms with Crippen LogP contribution in [0.5, 0.6) is 0 Å². The highest BCUT2D eigenvalue weighted by Crippen LogP contribution is 2.58. The molecule has 0 aromatic carbocycles. The molecule has 1 spiro atoms. The fraction of sp³-hybridized carbons (Fsp3) is 0.875. The molecule has 1 aliphatic heterocycles. The molecular formula is C16H23F5N2O2. The van der Waals surface area contributed by atoms with Gasteiger partial charge < -0.3 is 10.2 Å². The summed E-state index contributed by atoms with van der Waals surface area (Å²) >= 11 is 0. The molecule has 0 unspecified atom stereocenters. The molecule has 0 aromatic rings. The van der Waals surface area contributed by atoms with Crippen LogP contribution in [0, 0.1) is 10.8 Å². The van der Waals surface area contributed by atoms with Gasteiger partial charge in [-0.2, -0.15) is 13.2 Å². The van der Waals surface area contributed by atoms with Gasteiger partial charge in [0.2, 0.25) is 11.8 Å². The number of amides is 2. The van der Waals surface area contributed by atoms with Crippen LogP contribution in [-0.4, -0.2) is 47.4 Å². The van der Waals surface area contributed by atoms with Crippen molar-refractivity contribution in [3.63, 3.8) is 0 Å². The monoisotopic (exact) mass is 370 g/mol. The maximum absolute atomic E-state index is 13.3. The van der Waals surface area contributed by atoms with E-state index in [0.717, 1.165) is 0 Å². The van der Waals surface area contributed by atoms with Gasteiger partial charge in [0.15, 0.2) is 0 Å². The van der Waals surface area contributed by atoms with Gasteiger partial charge in [0.05, 0.1) is 0 Å². The van der Waals surface area contributed by atoms with Crippen molar-refractivity contribution in [2.45, 2.75) is 71.1 Å². The van der Waals surface area contributed by atoms with Crippen LogP contribution in [0.2, 0.25) is 0 Å². The zero-order chi connectivity index (χ0) is 19.4. The number of nitrogens with zero attached hydrogens (tertiary/aromatic N) is 1. The average molecular weight is 370 g/mol. The summed E-state index contributed by atoms with van der Waals surface area (Å²) < 4.78 is 64.2. The minimum absolute atomic E-state index is 0.0804. The van der Waals surface area contributed by atoms with Crippen LogP contribution in [0.1, 0.15) is 47.0 Å². The van der Waals surface area contributed by atoms with Crippen molar-refractivity contribution in [1.82, 2.24) is 10.2 Å². The topological polar surface area (TPSA) is 49.4 Å². The number of nitrogens with one attached hydrogen (secondary N) is 1. The predicted octanol–water partition coefficient (Wildman–Crippen LogP) is 3.12. The lowest BCUT2D eigenvalue weighted by atomic mass is 9.65. The van der Waals surface area contributed by atoms with Crippen LogP contribution in [0.25, 0.3) is 0 Å². The standard InChI is InChI=1S/C16H23F5N2O2/c1-9-5-14(6-15(17,18)7-14)8-23(9)11(24)10(13(2,3)4)22-12(25)16(19,20)21/h9-10H,5-8H2,1-4H3,(H,22,25)/t9-,10-/m1/s1. The highest BCUT2D eigenvalue weighted by molar-refractivity contribution is 5.90. The predicted molar refractivity (Wildman–Crippen MR) is 79.8 cm³/mol. The molecular weight excluding hydrogens is 347 g/mol. The maximum atomic E-state index is 13.3. The van der Waals surface area contributed by atoms with Crippen molar-refractivity contribution in [2.24, 2.45) is 10.8 Å². The summed E-state index contributed by atoms with van der Waals surface area (Å²) in [5.41, 5.74) is -1.63. The number of carbonyl (C=O) groups is 2. The second kappa shape index (κ2) is 5.81. The van der Waals surface area contributed by atoms with E-state index in [2.05, 4.69) is 0 Å². The molecule has 2 rings (SSSR count). The zero-order valence-electron chi connectivity index (χ0n) is 14.6. The summed E-state index contributed by atoms with van der Waals surface area (Å²) in [6.07, 6.45) is -5.34.